The summed E-state index contributed by atoms with van der Waals surface area (Å²) in [6, 6.07) is 15.8. The number of hydrogen-bond donors (Lipinski definition) is 1. The second kappa shape index (κ2) is 7.45. The van der Waals surface area contributed by atoms with Gasteiger partial charge in [-0.15, -0.1) is 0 Å². The molecule has 4 aromatic rings. The molecule has 0 unspecified atom stereocenters. The smallest absolute Gasteiger partial charge is 0.261 e. The quantitative estimate of drug-likeness (QED) is 0.438. The number of hydrogen-bond acceptors (Lipinski definition) is 3. The van der Waals surface area contributed by atoms with E-state index in [2.05, 4.69) is 30.5 Å². The number of benzene rings is 2. The molecular formula is C23H22ClN3O2S. The fourth-order valence-electron chi connectivity index (χ4n) is 3.32. The van der Waals surface area contributed by atoms with Crippen LogP contribution in [0, 0.1) is 0 Å². The van der Waals surface area contributed by atoms with Crippen LogP contribution < -0.4 is 4.72 Å². The molecule has 0 aliphatic heterocycles. The molecule has 1 N–H and O–H groups in total. The van der Waals surface area contributed by atoms with Gasteiger partial charge in [-0.2, -0.15) is 0 Å². The molecule has 0 atom stereocenters. The molecule has 0 aliphatic rings. The molecule has 0 saturated carbocycles. The second-order valence-electron chi connectivity index (χ2n) is 8.16. The predicted molar refractivity (Wildman–Crippen MR) is 122 cm³/mol. The van der Waals surface area contributed by atoms with Gasteiger partial charge in [-0.05, 0) is 53.4 Å². The molecule has 5 nitrogen and oxygen atoms in total. The highest BCUT2D eigenvalue weighted by Crippen LogP contribution is 2.30. The molecule has 0 aliphatic carbocycles. The van der Waals surface area contributed by atoms with E-state index in [1.807, 2.05) is 35.0 Å². The van der Waals surface area contributed by atoms with E-state index in [0.717, 1.165) is 16.5 Å². The third-order valence-electron chi connectivity index (χ3n) is 4.98. The van der Waals surface area contributed by atoms with Gasteiger partial charge >= 0.3 is 0 Å². The van der Waals surface area contributed by atoms with Crippen molar-refractivity contribution in [3.05, 3.63) is 83.8 Å². The van der Waals surface area contributed by atoms with E-state index in [-0.39, 0.29) is 10.3 Å². The van der Waals surface area contributed by atoms with Gasteiger partial charge in [-0.1, -0.05) is 44.5 Å². The molecule has 2 aromatic carbocycles. The van der Waals surface area contributed by atoms with E-state index in [1.54, 1.807) is 42.7 Å². The van der Waals surface area contributed by atoms with Gasteiger partial charge in [0.2, 0.25) is 0 Å². The largest absolute Gasteiger partial charge is 0.314 e. The van der Waals surface area contributed by atoms with Crippen molar-refractivity contribution in [2.45, 2.75) is 31.1 Å². The molecule has 30 heavy (non-hydrogen) atoms. The summed E-state index contributed by atoms with van der Waals surface area (Å²) in [5.41, 5.74) is 3.00. The Morgan fingerprint density at radius 1 is 1.00 bits per heavy atom. The molecule has 0 radical (unpaired) electrons. The maximum atomic E-state index is 13.1. The second-order valence-corrected chi connectivity index (χ2v) is 10.3. The van der Waals surface area contributed by atoms with E-state index in [9.17, 15) is 8.42 Å². The van der Waals surface area contributed by atoms with Crippen molar-refractivity contribution in [2.24, 2.45) is 0 Å². The highest BCUT2D eigenvalue weighted by atomic mass is 35.5. The number of halogens is 1. The first kappa shape index (κ1) is 20.4. The van der Waals surface area contributed by atoms with Gasteiger partial charge in [0.1, 0.15) is 0 Å². The first-order chi connectivity index (χ1) is 14.1. The number of aromatic nitrogens is 2. The summed E-state index contributed by atoms with van der Waals surface area (Å²) in [5, 5.41) is 1.46. The van der Waals surface area contributed by atoms with Crippen LogP contribution >= 0.6 is 11.6 Å². The molecule has 0 amide bonds. The summed E-state index contributed by atoms with van der Waals surface area (Å²) >= 11 is 6.23. The number of nitrogens with zero attached hydrogens (tertiary/aromatic N) is 2. The summed E-state index contributed by atoms with van der Waals surface area (Å²) in [7, 11) is -3.77. The zero-order valence-electron chi connectivity index (χ0n) is 16.9. The minimum absolute atomic E-state index is 0.0522. The maximum absolute atomic E-state index is 13.1. The molecule has 4 rings (SSSR count). The summed E-state index contributed by atoms with van der Waals surface area (Å²) < 4.78 is 30.8. The molecule has 154 valence electrons. The van der Waals surface area contributed by atoms with E-state index in [4.69, 9.17) is 11.6 Å². The molecular weight excluding hydrogens is 418 g/mol. The normalized spacial score (nSPS) is 12.3. The van der Waals surface area contributed by atoms with Crippen molar-refractivity contribution in [1.82, 2.24) is 9.55 Å². The summed E-state index contributed by atoms with van der Waals surface area (Å²) in [6.45, 7) is 6.27. The van der Waals surface area contributed by atoms with Gasteiger partial charge < -0.3 is 4.57 Å². The predicted octanol–water partition coefficient (Wildman–Crippen LogP) is 5.78. The highest BCUT2D eigenvalue weighted by Gasteiger charge is 2.20. The average Bonchev–Trinajstić information content (AvgIpc) is 3.13. The number of sulfonamides is 1. The Bertz CT molecular complexity index is 1320. The number of anilines is 1. The van der Waals surface area contributed by atoms with Crippen molar-refractivity contribution in [3.63, 3.8) is 0 Å². The number of rotatable bonds is 4. The van der Waals surface area contributed by atoms with Crippen LogP contribution in [-0.2, 0) is 15.4 Å². The van der Waals surface area contributed by atoms with Gasteiger partial charge in [0, 0.05) is 29.0 Å². The minimum Gasteiger partial charge on any atom is -0.314 e. The zero-order chi connectivity index (χ0) is 21.5. The molecule has 0 bridgehead atoms. The standard InChI is InChI=1S/C23H22ClN3O2S/c1-23(2,3)17-4-7-19(8-5-17)30(28,29)26-20-9-6-18(24)14-22(20)27-13-11-16-15-25-12-10-21(16)27/h4-15,26H,1-3H3. The first-order valence-electron chi connectivity index (χ1n) is 9.49. The third kappa shape index (κ3) is 3.93. The van der Waals surface area contributed by atoms with Gasteiger partial charge in [0.05, 0.1) is 21.8 Å². The Labute approximate surface area is 181 Å². The van der Waals surface area contributed by atoms with Crippen LogP contribution in [0.3, 0.4) is 0 Å². The maximum Gasteiger partial charge on any atom is 0.261 e. The Hall–Kier alpha value is -2.83. The van der Waals surface area contributed by atoms with E-state index < -0.39 is 10.0 Å². The molecule has 0 saturated heterocycles. The molecule has 2 aromatic heterocycles. The first-order valence-corrected chi connectivity index (χ1v) is 11.4. The Morgan fingerprint density at radius 3 is 2.43 bits per heavy atom. The van der Waals surface area contributed by atoms with Crippen LogP contribution in [0.25, 0.3) is 16.6 Å². The van der Waals surface area contributed by atoms with Crippen LogP contribution in [0.2, 0.25) is 5.02 Å². The minimum atomic E-state index is -3.77. The fraction of sp³-hybridized carbons (Fsp3) is 0.174. The SMILES string of the molecule is CC(C)(C)c1ccc(S(=O)(=O)Nc2ccc(Cl)cc2-n2ccc3cnccc32)cc1. The van der Waals surface area contributed by atoms with Crippen LogP contribution in [0.5, 0.6) is 0 Å². The lowest BCUT2D eigenvalue weighted by Crippen LogP contribution is -2.16. The van der Waals surface area contributed by atoms with Crippen LogP contribution in [0.15, 0.2) is 78.1 Å². The van der Waals surface area contributed by atoms with Gasteiger partial charge in [0.15, 0.2) is 0 Å². The number of fused-ring (bicyclic) bond motifs is 1. The average molecular weight is 440 g/mol. The summed E-state index contributed by atoms with van der Waals surface area (Å²) in [5.74, 6) is 0. The van der Waals surface area contributed by atoms with E-state index in [1.165, 1.54) is 0 Å². The van der Waals surface area contributed by atoms with Crippen LogP contribution in [-0.4, -0.2) is 18.0 Å². The lowest BCUT2D eigenvalue weighted by atomic mass is 9.87. The number of nitrogens with one attached hydrogen (secondary N) is 1. The van der Waals surface area contributed by atoms with Crippen molar-refractivity contribution < 1.29 is 8.42 Å². The highest BCUT2D eigenvalue weighted by molar-refractivity contribution is 7.92. The molecule has 2 heterocycles. The Balaban J connectivity index is 1.75. The van der Waals surface area contributed by atoms with Crippen molar-refractivity contribution in [2.75, 3.05) is 4.72 Å². The lowest BCUT2D eigenvalue weighted by Gasteiger charge is -2.19. The van der Waals surface area contributed by atoms with Crippen molar-refractivity contribution >= 4 is 38.2 Å². The van der Waals surface area contributed by atoms with E-state index in [0.29, 0.717) is 16.4 Å². The number of pyridine rings is 1. The topological polar surface area (TPSA) is 64.0 Å². The lowest BCUT2D eigenvalue weighted by molar-refractivity contribution is 0.587. The van der Waals surface area contributed by atoms with Crippen LogP contribution in [0.1, 0.15) is 26.3 Å². The molecule has 7 heteroatoms. The van der Waals surface area contributed by atoms with E-state index >= 15 is 0 Å². The fourth-order valence-corrected chi connectivity index (χ4v) is 4.56. The van der Waals surface area contributed by atoms with Gasteiger partial charge in [0.25, 0.3) is 10.0 Å². The van der Waals surface area contributed by atoms with Crippen molar-refractivity contribution in [1.29, 1.82) is 0 Å². The molecule has 0 fully saturated rings. The van der Waals surface area contributed by atoms with Crippen molar-refractivity contribution in [3.8, 4) is 5.69 Å². The zero-order valence-corrected chi connectivity index (χ0v) is 18.5. The van der Waals surface area contributed by atoms with Gasteiger partial charge in [-0.25, -0.2) is 8.42 Å². The summed E-state index contributed by atoms with van der Waals surface area (Å²) in [4.78, 5) is 4.34. The van der Waals surface area contributed by atoms with Gasteiger partial charge in [-0.3, -0.25) is 9.71 Å². The summed E-state index contributed by atoms with van der Waals surface area (Å²) in [6.07, 6.45) is 5.33. The third-order valence-corrected chi connectivity index (χ3v) is 6.60. The Kier molecular flexibility index (Phi) is 5.08. The van der Waals surface area contributed by atoms with Crippen LogP contribution in [0.4, 0.5) is 5.69 Å². The molecule has 0 spiro atoms. The monoisotopic (exact) mass is 439 g/mol. The Morgan fingerprint density at radius 2 is 1.73 bits per heavy atom.